The Bertz CT molecular complexity index is 676. The van der Waals surface area contributed by atoms with Crippen LogP contribution in [0.2, 0.25) is 10.0 Å². The Labute approximate surface area is 137 Å². The summed E-state index contributed by atoms with van der Waals surface area (Å²) in [6.45, 7) is 1.64. The van der Waals surface area contributed by atoms with Crippen LogP contribution in [0.25, 0.3) is 0 Å². The van der Waals surface area contributed by atoms with Crippen LogP contribution in [-0.2, 0) is 0 Å². The first-order valence-corrected chi connectivity index (χ1v) is 7.34. The van der Waals surface area contributed by atoms with Gasteiger partial charge in [-0.15, -0.1) is 0 Å². The Morgan fingerprint density at radius 2 is 1.82 bits per heavy atom. The van der Waals surface area contributed by atoms with Crippen LogP contribution in [0.4, 0.5) is 4.39 Å². The molecule has 3 nitrogen and oxygen atoms in total. The number of carbonyl (C=O) groups excluding carboxylic acids is 1. The maximum Gasteiger partial charge on any atom is 0.253 e. The van der Waals surface area contributed by atoms with E-state index < -0.39 is 23.9 Å². The van der Waals surface area contributed by atoms with Crippen LogP contribution in [0.5, 0.6) is 0 Å². The van der Waals surface area contributed by atoms with E-state index in [-0.39, 0.29) is 10.6 Å². The van der Waals surface area contributed by atoms with Gasteiger partial charge >= 0.3 is 0 Å². The average molecular weight is 342 g/mol. The third-order valence-corrected chi connectivity index (χ3v) is 3.88. The maximum atomic E-state index is 13.4. The summed E-state index contributed by atoms with van der Waals surface area (Å²) in [6, 6.07) is 10.0. The number of aliphatic hydroxyl groups excluding tert-OH is 1. The summed E-state index contributed by atoms with van der Waals surface area (Å²) >= 11 is 11.6. The van der Waals surface area contributed by atoms with Gasteiger partial charge in [0.1, 0.15) is 5.82 Å². The zero-order valence-corrected chi connectivity index (χ0v) is 13.2. The standard InChI is InChI=1S/C16H14Cl2FNO2/c1-9(15(21)10-5-7-11(17)8-6-10)20-16(22)12-3-2-4-13(19)14(12)18/h2-9,15,21H,1H3,(H,20,22). The summed E-state index contributed by atoms with van der Waals surface area (Å²) in [5, 5.41) is 13.2. The van der Waals surface area contributed by atoms with Gasteiger partial charge in [-0.3, -0.25) is 4.79 Å². The van der Waals surface area contributed by atoms with Crippen molar-refractivity contribution in [3.05, 3.63) is 69.5 Å². The molecule has 0 aliphatic rings. The molecule has 0 saturated carbocycles. The van der Waals surface area contributed by atoms with E-state index >= 15 is 0 Å². The Balaban J connectivity index is 2.10. The normalized spacial score (nSPS) is 13.5. The first-order chi connectivity index (χ1) is 10.4. The molecule has 6 heteroatoms. The van der Waals surface area contributed by atoms with Gasteiger partial charge in [-0.25, -0.2) is 4.39 Å². The number of carbonyl (C=O) groups is 1. The van der Waals surface area contributed by atoms with Crippen LogP contribution in [0.1, 0.15) is 28.9 Å². The van der Waals surface area contributed by atoms with Gasteiger partial charge in [0.25, 0.3) is 5.91 Å². The monoisotopic (exact) mass is 341 g/mol. The quantitative estimate of drug-likeness (QED) is 0.883. The Kier molecular flexibility index (Phi) is 5.40. The minimum Gasteiger partial charge on any atom is -0.386 e. The highest BCUT2D eigenvalue weighted by Crippen LogP contribution is 2.22. The van der Waals surface area contributed by atoms with Crippen molar-refractivity contribution in [1.29, 1.82) is 0 Å². The highest BCUT2D eigenvalue weighted by atomic mass is 35.5. The number of halogens is 3. The minimum atomic E-state index is -0.923. The summed E-state index contributed by atoms with van der Waals surface area (Å²) in [7, 11) is 0. The molecular formula is C16H14Cl2FNO2. The molecule has 0 aliphatic carbocycles. The van der Waals surface area contributed by atoms with Crippen molar-refractivity contribution >= 4 is 29.1 Å². The first-order valence-electron chi connectivity index (χ1n) is 6.58. The van der Waals surface area contributed by atoms with Crippen LogP contribution >= 0.6 is 23.2 Å². The summed E-state index contributed by atoms with van der Waals surface area (Å²) in [5.74, 6) is -1.22. The molecular weight excluding hydrogens is 328 g/mol. The lowest BCUT2D eigenvalue weighted by atomic mass is 10.0. The van der Waals surface area contributed by atoms with Crippen molar-refractivity contribution < 1.29 is 14.3 Å². The summed E-state index contributed by atoms with van der Waals surface area (Å²) in [4.78, 5) is 12.1. The van der Waals surface area contributed by atoms with E-state index in [4.69, 9.17) is 23.2 Å². The molecule has 0 radical (unpaired) electrons. The minimum absolute atomic E-state index is 0.0248. The molecule has 2 N–H and O–H groups in total. The average Bonchev–Trinajstić information content (AvgIpc) is 2.50. The number of nitrogens with one attached hydrogen (secondary N) is 1. The fraction of sp³-hybridized carbons (Fsp3) is 0.188. The van der Waals surface area contributed by atoms with Crippen molar-refractivity contribution in [2.75, 3.05) is 0 Å². The van der Waals surface area contributed by atoms with Gasteiger partial charge < -0.3 is 10.4 Å². The molecule has 2 rings (SSSR count). The molecule has 2 unspecified atom stereocenters. The van der Waals surface area contributed by atoms with Gasteiger partial charge in [-0.2, -0.15) is 0 Å². The third kappa shape index (κ3) is 3.77. The van der Waals surface area contributed by atoms with E-state index in [9.17, 15) is 14.3 Å². The zero-order valence-electron chi connectivity index (χ0n) is 11.7. The summed E-state index contributed by atoms with van der Waals surface area (Å²) in [6.07, 6.45) is -0.923. The topological polar surface area (TPSA) is 49.3 Å². The number of aliphatic hydroxyl groups is 1. The Hall–Kier alpha value is -1.62. The van der Waals surface area contributed by atoms with Crippen molar-refractivity contribution in [2.45, 2.75) is 19.1 Å². The maximum absolute atomic E-state index is 13.4. The fourth-order valence-electron chi connectivity index (χ4n) is 1.99. The van der Waals surface area contributed by atoms with Crippen LogP contribution in [0, 0.1) is 5.82 Å². The van der Waals surface area contributed by atoms with Gasteiger partial charge in [-0.1, -0.05) is 41.4 Å². The molecule has 0 fully saturated rings. The molecule has 0 aromatic heterocycles. The lowest BCUT2D eigenvalue weighted by Crippen LogP contribution is -2.37. The molecule has 1 amide bonds. The molecule has 0 bridgehead atoms. The molecule has 2 aromatic carbocycles. The molecule has 2 aromatic rings. The number of hydrogen-bond acceptors (Lipinski definition) is 2. The predicted molar refractivity (Wildman–Crippen MR) is 84.8 cm³/mol. The second kappa shape index (κ2) is 7.09. The highest BCUT2D eigenvalue weighted by Gasteiger charge is 2.21. The molecule has 0 saturated heterocycles. The largest absolute Gasteiger partial charge is 0.386 e. The van der Waals surface area contributed by atoms with Crippen LogP contribution in [0.15, 0.2) is 42.5 Å². The third-order valence-electron chi connectivity index (χ3n) is 3.24. The van der Waals surface area contributed by atoms with E-state index in [0.29, 0.717) is 10.6 Å². The zero-order chi connectivity index (χ0) is 16.3. The van der Waals surface area contributed by atoms with Crippen LogP contribution < -0.4 is 5.32 Å². The van der Waals surface area contributed by atoms with Gasteiger partial charge in [-0.05, 0) is 36.8 Å². The van der Waals surface area contributed by atoms with Crippen molar-refractivity contribution in [1.82, 2.24) is 5.32 Å². The molecule has 116 valence electrons. The molecule has 0 spiro atoms. The second-order valence-corrected chi connectivity index (χ2v) is 5.67. The number of benzene rings is 2. The van der Waals surface area contributed by atoms with Gasteiger partial charge in [0, 0.05) is 5.02 Å². The van der Waals surface area contributed by atoms with Gasteiger partial charge in [0.2, 0.25) is 0 Å². The van der Waals surface area contributed by atoms with E-state index in [1.807, 2.05) is 0 Å². The second-order valence-electron chi connectivity index (χ2n) is 4.86. The lowest BCUT2D eigenvalue weighted by Gasteiger charge is -2.21. The molecule has 0 aliphatic heterocycles. The van der Waals surface area contributed by atoms with Crippen LogP contribution in [0.3, 0.4) is 0 Å². The van der Waals surface area contributed by atoms with E-state index in [0.717, 1.165) is 0 Å². The van der Waals surface area contributed by atoms with Crippen molar-refractivity contribution in [3.8, 4) is 0 Å². The lowest BCUT2D eigenvalue weighted by molar-refractivity contribution is 0.0852. The van der Waals surface area contributed by atoms with Crippen molar-refractivity contribution in [2.24, 2.45) is 0 Å². The number of rotatable bonds is 4. The van der Waals surface area contributed by atoms with E-state index in [1.165, 1.54) is 18.2 Å². The predicted octanol–water partition coefficient (Wildman–Crippen LogP) is 3.98. The summed E-state index contributed by atoms with van der Waals surface area (Å²) < 4.78 is 13.4. The molecule has 2 atom stereocenters. The van der Waals surface area contributed by atoms with Gasteiger partial charge in [0.15, 0.2) is 0 Å². The fourth-order valence-corrected chi connectivity index (χ4v) is 2.33. The summed E-state index contributed by atoms with van der Waals surface area (Å²) in [5.41, 5.74) is 0.638. The smallest absolute Gasteiger partial charge is 0.253 e. The van der Waals surface area contributed by atoms with Crippen LogP contribution in [-0.4, -0.2) is 17.1 Å². The highest BCUT2D eigenvalue weighted by molar-refractivity contribution is 6.34. The SMILES string of the molecule is CC(NC(=O)c1cccc(F)c1Cl)C(O)c1ccc(Cl)cc1. The molecule has 22 heavy (non-hydrogen) atoms. The Morgan fingerprint density at radius 3 is 2.45 bits per heavy atom. The number of hydrogen-bond donors (Lipinski definition) is 2. The first kappa shape index (κ1) is 16.7. The van der Waals surface area contributed by atoms with Gasteiger partial charge in [0.05, 0.1) is 22.7 Å². The number of amides is 1. The molecule has 0 heterocycles. The van der Waals surface area contributed by atoms with E-state index in [1.54, 1.807) is 31.2 Å². The Morgan fingerprint density at radius 1 is 1.18 bits per heavy atom. The van der Waals surface area contributed by atoms with Crippen molar-refractivity contribution in [3.63, 3.8) is 0 Å². The van der Waals surface area contributed by atoms with E-state index in [2.05, 4.69) is 5.32 Å².